The second-order valence-electron chi connectivity index (χ2n) is 12.3. The summed E-state index contributed by atoms with van der Waals surface area (Å²) in [5.41, 5.74) is 4.26. The van der Waals surface area contributed by atoms with E-state index in [9.17, 15) is 19.5 Å². The van der Waals surface area contributed by atoms with Gasteiger partial charge < -0.3 is 20.5 Å². The second-order valence-corrected chi connectivity index (χ2v) is 12.3. The maximum atomic E-state index is 13.6. The van der Waals surface area contributed by atoms with Gasteiger partial charge in [-0.25, -0.2) is 9.59 Å². The Kier molecular flexibility index (Phi) is 7.49. The summed E-state index contributed by atoms with van der Waals surface area (Å²) in [6.07, 6.45) is 3.24. The molecule has 1 spiro atoms. The fraction of sp³-hybridized carbons (Fsp3) is 0.382. The van der Waals surface area contributed by atoms with E-state index in [1.54, 1.807) is 0 Å². The number of alkyl carbamates (subject to hydrolysis) is 1. The summed E-state index contributed by atoms with van der Waals surface area (Å²) in [6.45, 7) is 0.867. The average Bonchev–Trinajstić information content (AvgIpc) is 3.26. The number of likely N-dealkylation sites (N-methyl/N-ethyl adjacent to an activating group) is 1. The molecule has 1 atom stereocenters. The lowest BCUT2D eigenvalue weighted by molar-refractivity contribution is -0.166. The van der Waals surface area contributed by atoms with E-state index in [0.29, 0.717) is 19.4 Å². The van der Waals surface area contributed by atoms with Crippen LogP contribution in [0.1, 0.15) is 54.7 Å². The molecule has 0 aliphatic heterocycles. The van der Waals surface area contributed by atoms with Gasteiger partial charge in [0.2, 0.25) is 5.91 Å². The van der Waals surface area contributed by atoms with Crippen LogP contribution in [0.15, 0.2) is 78.9 Å². The van der Waals surface area contributed by atoms with Crippen molar-refractivity contribution in [1.29, 1.82) is 0 Å². The van der Waals surface area contributed by atoms with Gasteiger partial charge in [0.25, 0.3) is 0 Å². The number of nitrogens with zero attached hydrogens (tertiary/aromatic N) is 1. The largest absolute Gasteiger partial charge is 0.480 e. The number of rotatable bonds is 10. The van der Waals surface area contributed by atoms with Crippen molar-refractivity contribution in [2.24, 2.45) is 5.41 Å². The zero-order valence-electron chi connectivity index (χ0n) is 23.8. The smallest absolute Gasteiger partial charge is 0.407 e. The van der Waals surface area contributed by atoms with Crippen molar-refractivity contribution in [3.8, 4) is 11.1 Å². The van der Waals surface area contributed by atoms with Crippen LogP contribution in [-0.4, -0.2) is 59.8 Å². The lowest BCUT2D eigenvalue weighted by atomic mass is 9.48. The Morgan fingerprint density at radius 1 is 0.929 bits per heavy atom. The Balaban J connectivity index is 1.15. The van der Waals surface area contributed by atoms with E-state index in [4.69, 9.17) is 4.74 Å². The molecule has 0 saturated heterocycles. The minimum atomic E-state index is -1.30. The van der Waals surface area contributed by atoms with Gasteiger partial charge in [-0.2, -0.15) is 0 Å². The zero-order valence-corrected chi connectivity index (χ0v) is 23.8. The van der Waals surface area contributed by atoms with Crippen LogP contribution in [0.2, 0.25) is 0 Å². The predicted octanol–water partition coefficient (Wildman–Crippen LogP) is 4.93. The van der Waals surface area contributed by atoms with Crippen LogP contribution in [-0.2, 0) is 20.9 Å². The molecule has 2 fully saturated rings. The number of hydrogen-bond acceptors (Lipinski definition) is 5. The Morgan fingerprint density at radius 3 is 2.10 bits per heavy atom. The van der Waals surface area contributed by atoms with Crippen molar-refractivity contribution in [3.63, 3.8) is 0 Å². The van der Waals surface area contributed by atoms with Crippen LogP contribution >= 0.6 is 0 Å². The number of fused-ring (bicyclic) bond motifs is 3. The molecular weight excluding hydrogens is 530 g/mol. The number of aliphatic carboxylic acids is 1. The highest BCUT2D eigenvalue weighted by molar-refractivity contribution is 5.92. The van der Waals surface area contributed by atoms with Gasteiger partial charge in [-0.05, 0) is 66.0 Å². The van der Waals surface area contributed by atoms with E-state index in [-0.39, 0.29) is 24.5 Å². The molecule has 42 heavy (non-hydrogen) atoms. The Bertz CT molecular complexity index is 1430. The zero-order chi connectivity index (χ0) is 29.3. The fourth-order valence-electron chi connectivity index (χ4n) is 7.12. The summed E-state index contributed by atoms with van der Waals surface area (Å²) in [4.78, 5) is 41.0. The first-order chi connectivity index (χ1) is 20.3. The molecule has 0 heterocycles. The number of amides is 2. The third kappa shape index (κ3) is 5.39. The summed E-state index contributed by atoms with van der Waals surface area (Å²) >= 11 is 0. The highest BCUT2D eigenvalue weighted by Crippen LogP contribution is 2.60. The normalized spacial score (nSPS) is 18.2. The Morgan fingerprint density at radius 2 is 1.52 bits per heavy atom. The van der Waals surface area contributed by atoms with E-state index in [1.807, 2.05) is 66.5 Å². The number of nitrogens with one attached hydrogen (secondary N) is 2. The second kappa shape index (κ2) is 11.2. The van der Waals surface area contributed by atoms with E-state index in [1.165, 1.54) is 0 Å². The third-order valence-electron chi connectivity index (χ3n) is 9.28. The molecule has 0 aromatic heterocycles. The predicted molar refractivity (Wildman–Crippen MR) is 159 cm³/mol. The number of hydrogen-bond donors (Lipinski definition) is 3. The topological polar surface area (TPSA) is 108 Å². The summed E-state index contributed by atoms with van der Waals surface area (Å²) in [5.74, 6) is -1.65. The van der Waals surface area contributed by atoms with Crippen molar-refractivity contribution in [2.45, 2.75) is 56.1 Å². The molecule has 6 rings (SSSR count). The van der Waals surface area contributed by atoms with Crippen molar-refractivity contribution in [2.75, 3.05) is 20.2 Å². The number of ether oxygens (including phenoxy) is 1. The molecule has 3 aliphatic rings. The molecule has 3 aliphatic carbocycles. The fourth-order valence-corrected chi connectivity index (χ4v) is 7.12. The van der Waals surface area contributed by atoms with Gasteiger partial charge in [-0.15, -0.1) is 0 Å². The van der Waals surface area contributed by atoms with Gasteiger partial charge in [0.15, 0.2) is 0 Å². The number of carbonyl (C=O) groups excluding carboxylic acids is 2. The van der Waals surface area contributed by atoms with E-state index >= 15 is 0 Å². The Hall–Kier alpha value is -4.17. The molecule has 3 aromatic carbocycles. The maximum Gasteiger partial charge on any atom is 0.407 e. The maximum absolute atomic E-state index is 13.6. The molecule has 2 saturated carbocycles. The molecule has 3 aromatic rings. The molecule has 0 radical (unpaired) electrons. The highest BCUT2D eigenvalue weighted by atomic mass is 16.5. The first-order valence-corrected chi connectivity index (χ1v) is 14.7. The molecule has 3 N–H and O–H groups in total. The van der Waals surface area contributed by atoms with Gasteiger partial charge in [-0.1, -0.05) is 85.3 Å². The molecule has 1 unspecified atom stereocenters. The van der Waals surface area contributed by atoms with Crippen molar-refractivity contribution in [1.82, 2.24) is 15.5 Å². The molecule has 218 valence electrons. The first-order valence-electron chi connectivity index (χ1n) is 14.7. The Labute approximate surface area is 246 Å². The molecule has 0 bridgehead atoms. The summed E-state index contributed by atoms with van der Waals surface area (Å²) in [7, 11) is 1.87. The van der Waals surface area contributed by atoms with Crippen LogP contribution in [0.3, 0.4) is 0 Å². The van der Waals surface area contributed by atoms with Crippen LogP contribution in [0.25, 0.3) is 11.1 Å². The monoisotopic (exact) mass is 567 g/mol. The third-order valence-corrected chi connectivity index (χ3v) is 9.28. The molecule has 2 amide bonds. The standard InChI is InChI=1S/C34H37N3O5/c1-37(18-23-10-3-2-4-11-23)19-29(30(38)36-34(31(39)40)21-33(22-34)16-9-17-33)35-32(41)42-20-28-26-14-7-5-12-24(26)25-13-6-8-15-27(25)28/h2-8,10-15,28-29H,9,16-22H2,1H3,(H,35,41)(H,36,38)(H,39,40). The van der Waals surface area contributed by atoms with Gasteiger partial charge in [0.05, 0.1) is 0 Å². The van der Waals surface area contributed by atoms with Crippen LogP contribution < -0.4 is 10.6 Å². The van der Waals surface area contributed by atoms with Crippen LogP contribution in [0.5, 0.6) is 0 Å². The van der Waals surface area contributed by atoms with Crippen LogP contribution in [0, 0.1) is 5.41 Å². The SMILES string of the molecule is CN(Cc1ccccc1)CC(NC(=O)OCC1c2ccccc2-c2ccccc21)C(=O)NC1(C(=O)O)CC2(CCC2)C1. The van der Waals surface area contributed by atoms with Gasteiger partial charge in [0.1, 0.15) is 18.2 Å². The van der Waals surface area contributed by atoms with Crippen molar-refractivity contribution < 1.29 is 24.2 Å². The summed E-state index contributed by atoms with van der Waals surface area (Å²) in [5, 5.41) is 15.6. The molecular formula is C34H37N3O5. The lowest BCUT2D eigenvalue weighted by Crippen LogP contribution is -2.70. The van der Waals surface area contributed by atoms with Crippen molar-refractivity contribution in [3.05, 3.63) is 95.6 Å². The lowest BCUT2D eigenvalue weighted by Gasteiger charge is -2.59. The van der Waals surface area contributed by atoms with E-state index in [2.05, 4.69) is 34.9 Å². The number of carboxylic acid groups (broad SMARTS) is 1. The first kappa shape index (κ1) is 28.0. The number of carbonyl (C=O) groups is 3. The molecule has 8 nitrogen and oxygen atoms in total. The van der Waals surface area contributed by atoms with E-state index in [0.717, 1.165) is 47.1 Å². The summed E-state index contributed by atoms with van der Waals surface area (Å²) in [6, 6.07) is 25.0. The van der Waals surface area contributed by atoms with E-state index < -0.39 is 29.6 Å². The number of benzene rings is 3. The van der Waals surface area contributed by atoms with Gasteiger partial charge >= 0.3 is 12.1 Å². The van der Waals surface area contributed by atoms with Gasteiger partial charge in [-0.3, -0.25) is 9.69 Å². The van der Waals surface area contributed by atoms with Gasteiger partial charge in [0, 0.05) is 19.0 Å². The minimum Gasteiger partial charge on any atom is -0.480 e. The van der Waals surface area contributed by atoms with Crippen molar-refractivity contribution >= 4 is 18.0 Å². The minimum absolute atomic E-state index is 0.0332. The number of carboxylic acids is 1. The average molecular weight is 568 g/mol. The highest BCUT2D eigenvalue weighted by Gasteiger charge is 2.62. The molecule has 8 heteroatoms. The van der Waals surface area contributed by atoms with Crippen LogP contribution in [0.4, 0.5) is 4.79 Å². The summed E-state index contributed by atoms with van der Waals surface area (Å²) < 4.78 is 5.73. The quantitative estimate of drug-likeness (QED) is 0.321.